The quantitative estimate of drug-likeness (QED) is 0.438. The van der Waals surface area contributed by atoms with Gasteiger partial charge in [-0.05, 0) is 30.3 Å². The summed E-state index contributed by atoms with van der Waals surface area (Å²) in [6.45, 7) is -0.00758. The first-order valence-corrected chi connectivity index (χ1v) is 10.6. The van der Waals surface area contributed by atoms with E-state index < -0.39 is 23.8 Å². The van der Waals surface area contributed by atoms with Crippen LogP contribution in [0.5, 0.6) is 23.0 Å². The van der Waals surface area contributed by atoms with Crippen LogP contribution in [0.3, 0.4) is 0 Å². The maximum atomic E-state index is 14.7. The van der Waals surface area contributed by atoms with E-state index in [2.05, 4.69) is 0 Å². The number of ether oxygens (including phenoxy) is 4. The number of nitrogens with zero attached hydrogens (tertiary/aromatic N) is 1. The van der Waals surface area contributed by atoms with Crippen molar-refractivity contribution in [2.24, 2.45) is 5.73 Å². The summed E-state index contributed by atoms with van der Waals surface area (Å²) in [6, 6.07) is 17.8. The van der Waals surface area contributed by atoms with Crippen LogP contribution in [0, 0.1) is 17.1 Å². The van der Waals surface area contributed by atoms with Gasteiger partial charge >= 0.3 is 5.97 Å². The van der Waals surface area contributed by atoms with Crippen LogP contribution in [0.25, 0.3) is 0 Å². The highest BCUT2D eigenvalue weighted by Gasteiger charge is 2.35. The van der Waals surface area contributed by atoms with Gasteiger partial charge in [-0.2, -0.15) is 5.26 Å². The second-order valence-corrected chi connectivity index (χ2v) is 7.95. The molecule has 0 spiro atoms. The summed E-state index contributed by atoms with van der Waals surface area (Å²) in [4.78, 5) is 12.7. The van der Waals surface area contributed by atoms with Gasteiger partial charge in [-0.3, -0.25) is 0 Å². The molecule has 9 heteroatoms. The summed E-state index contributed by atoms with van der Waals surface area (Å²) in [7, 11) is 0. The molecule has 2 atom stereocenters. The lowest BCUT2D eigenvalue weighted by molar-refractivity contribution is -0.144. The maximum Gasteiger partial charge on any atom is 0.356 e. The number of hydrogen-bond donors (Lipinski definition) is 1. The van der Waals surface area contributed by atoms with E-state index in [1.54, 1.807) is 30.3 Å². The number of carbonyl (C=O) groups excluding carboxylic acids is 1. The van der Waals surface area contributed by atoms with E-state index in [1.807, 2.05) is 6.07 Å². The number of fused-ring (bicyclic) bond motifs is 2. The molecule has 0 bridgehead atoms. The van der Waals surface area contributed by atoms with Crippen LogP contribution in [0.15, 0.2) is 72.1 Å². The monoisotopic (exact) mass is 478 g/mol. The predicted octanol–water partition coefficient (Wildman–Crippen LogP) is 4.44. The number of esters is 1. The standard InChI is InChI=1S/C25H16ClFN2O5/c26-16-4-3-5-17(27)23(16)22-14-9-8-13(10-20(14)34-24(29)15(22)11-28)32-25(30)21-12-31-18-6-1-2-7-19(18)33-21/h1-10,21-22H,12,29H2. The summed E-state index contributed by atoms with van der Waals surface area (Å²) in [5.41, 5.74) is 6.54. The number of para-hydroxylation sites is 2. The van der Waals surface area contributed by atoms with Gasteiger partial charge < -0.3 is 24.7 Å². The molecule has 3 aromatic rings. The molecule has 7 nitrogen and oxygen atoms in total. The van der Waals surface area contributed by atoms with Crippen molar-refractivity contribution in [1.29, 1.82) is 5.26 Å². The zero-order valence-corrected chi connectivity index (χ0v) is 18.2. The number of carbonyl (C=O) groups is 1. The molecule has 34 heavy (non-hydrogen) atoms. The number of allylic oxidation sites excluding steroid dienone is 1. The van der Waals surface area contributed by atoms with Gasteiger partial charge in [-0.25, -0.2) is 9.18 Å². The minimum absolute atomic E-state index is 0.00758. The van der Waals surface area contributed by atoms with Crippen LogP contribution in [0.4, 0.5) is 4.39 Å². The van der Waals surface area contributed by atoms with E-state index in [0.29, 0.717) is 17.1 Å². The van der Waals surface area contributed by atoms with Gasteiger partial charge in [0.1, 0.15) is 35.6 Å². The van der Waals surface area contributed by atoms with Crippen LogP contribution in [-0.4, -0.2) is 18.7 Å². The second-order valence-electron chi connectivity index (χ2n) is 7.55. The fourth-order valence-corrected chi connectivity index (χ4v) is 4.17. The fourth-order valence-electron chi connectivity index (χ4n) is 3.90. The highest BCUT2D eigenvalue weighted by atomic mass is 35.5. The lowest BCUT2D eigenvalue weighted by Gasteiger charge is -2.28. The Kier molecular flexibility index (Phi) is 5.48. The zero-order chi connectivity index (χ0) is 23.8. The Labute approximate surface area is 198 Å². The second kappa shape index (κ2) is 8.61. The topological polar surface area (TPSA) is 104 Å². The number of nitriles is 1. The van der Waals surface area contributed by atoms with Gasteiger partial charge in [0.25, 0.3) is 0 Å². The molecule has 0 amide bonds. The Morgan fingerprint density at radius 2 is 1.91 bits per heavy atom. The van der Waals surface area contributed by atoms with Crippen molar-refractivity contribution in [3.63, 3.8) is 0 Å². The Balaban J connectivity index is 1.44. The molecule has 2 aliphatic heterocycles. The number of halogens is 2. The molecule has 2 heterocycles. The van der Waals surface area contributed by atoms with E-state index in [4.69, 9.17) is 36.3 Å². The number of hydrogen-bond acceptors (Lipinski definition) is 7. The van der Waals surface area contributed by atoms with Crippen molar-refractivity contribution >= 4 is 17.6 Å². The van der Waals surface area contributed by atoms with Crippen molar-refractivity contribution in [2.75, 3.05) is 6.61 Å². The summed E-state index contributed by atoms with van der Waals surface area (Å²) in [6.07, 6.45) is -0.966. The number of rotatable bonds is 3. The van der Waals surface area contributed by atoms with E-state index in [1.165, 1.54) is 30.3 Å². The fraction of sp³-hybridized carbons (Fsp3) is 0.120. The van der Waals surface area contributed by atoms with Gasteiger partial charge in [0.2, 0.25) is 12.0 Å². The number of nitrogens with two attached hydrogens (primary N) is 1. The van der Waals surface area contributed by atoms with Gasteiger partial charge in [0.05, 0.1) is 5.92 Å². The zero-order valence-electron chi connectivity index (χ0n) is 17.5. The molecule has 2 N–H and O–H groups in total. The molecule has 170 valence electrons. The van der Waals surface area contributed by atoms with Crippen LogP contribution in [-0.2, 0) is 4.79 Å². The normalized spacial score (nSPS) is 18.4. The van der Waals surface area contributed by atoms with Crippen molar-refractivity contribution < 1.29 is 28.1 Å². The summed E-state index contributed by atoms with van der Waals surface area (Å²) in [5, 5.41) is 9.80. The Bertz CT molecular complexity index is 1360. The van der Waals surface area contributed by atoms with Crippen LogP contribution in [0.2, 0.25) is 5.02 Å². The molecule has 3 aromatic carbocycles. The third-order valence-corrected chi connectivity index (χ3v) is 5.80. The third-order valence-electron chi connectivity index (χ3n) is 5.47. The molecule has 2 unspecified atom stereocenters. The van der Waals surface area contributed by atoms with Crippen LogP contribution in [0.1, 0.15) is 17.0 Å². The molecule has 5 rings (SSSR count). The SMILES string of the molecule is N#CC1=C(N)Oc2cc(OC(=O)C3COc4ccccc4O3)ccc2C1c1c(F)cccc1Cl. The van der Waals surface area contributed by atoms with E-state index >= 15 is 0 Å². The Morgan fingerprint density at radius 3 is 2.68 bits per heavy atom. The minimum Gasteiger partial charge on any atom is -0.485 e. The molecule has 0 aliphatic carbocycles. The number of benzene rings is 3. The summed E-state index contributed by atoms with van der Waals surface area (Å²) < 4.78 is 37.0. The molecular formula is C25H16ClFN2O5. The van der Waals surface area contributed by atoms with Crippen LogP contribution >= 0.6 is 11.6 Å². The van der Waals surface area contributed by atoms with Crippen molar-refractivity contribution in [2.45, 2.75) is 12.0 Å². The van der Waals surface area contributed by atoms with Crippen molar-refractivity contribution in [3.8, 4) is 29.1 Å². The molecular weight excluding hydrogens is 463 g/mol. The van der Waals surface area contributed by atoms with E-state index in [9.17, 15) is 14.4 Å². The Hall–Kier alpha value is -4.22. The minimum atomic E-state index is -0.966. The molecule has 0 aromatic heterocycles. The molecule has 0 saturated carbocycles. The predicted molar refractivity (Wildman–Crippen MR) is 119 cm³/mol. The van der Waals surface area contributed by atoms with E-state index in [-0.39, 0.29) is 40.1 Å². The van der Waals surface area contributed by atoms with Crippen LogP contribution < -0.4 is 24.7 Å². The summed E-state index contributed by atoms with van der Waals surface area (Å²) in [5.74, 6) is -0.994. The highest BCUT2D eigenvalue weighted by Crippen LogP contribution is 2.46. The highest BCUT2D eigenvalue weighted by molar-refractivity contribution is 6.31. The molecule has 0 fully saturated rings. The lowest BCUT2D eigenvalue weighted by Crippen LogP contribution is -2.39. The summed E-state index contributed by atoms with van der Waals surface area (Å²) >= 11 is 6.27. The lowest BCUT2D eigenvalue weighted by atomic mass is 9.83. The molecule has 2 aliphatic rings. The molecule has 0 radical (unpaired) electrons. The smallest absolute Gasteiger partial charge is 0.356 e. The van der Waals surface area contributed by atoms with Gasteiger partial charge in [0.15, 0.2) is 11.5 Å². The van der Waals surface area contributed by atoms with Gasteiger partial charge in [-0.15, -0.1) is 0 Å². The largest absolute Gasteiger partial charge is 0.485 e. The first-order chi connectivity index (χ1) is 16.5. The van der Waals surface area contributed by atoms with E-state index in [0.717, 1.165) is 0 Å². The van der Waals surface area contributed by atoms with Gasteiger partial charge in [-0.1, -0.05) is 35.9 Å². The Morgan fingerprint density at radius 1 is 1.12 bits per heavy atom. The first kappa shape index (κ1) is 21.6. The average molecular weight is 479 g/mol. The first-order valence-electron chi connectivity index (χ1n) is 10.2. The molecule has 0 saturated heterocycles. The average Bonchev–Trinajstić information content (AvgIpc) is 2.83. The third kappa shape index (κ3) is 3.76. The van der Waals surface area contributed by atoms with Gasteiger partial charge in [0, 0.05) is 22.2 Å². The maximum absolute atomic E-state index is 14.7. The van der Waals surface area contributed by atoms with Crippen molar-refractivity contribution in [1.82, 2.24) is 0 Å². The van der Waals surface area contributed by atoms with Crippen molar-refractivity contribution in [3.05, 3.63) is 94.1 Å².